The van der Waals surface area contributed by atoms with E-state index in [9.17, 15) is 0 Å². The van der Waals surface area contributed by atoms with Gasteiger partial charge in [-0.25, -0.2) is 4.68 Å². The summed E-state index contributed by atoms with van der Waals surface area (Å²) in [5.41, 5.74) is 10.7. The van der Waals surface area contributed by atoms with Gasteiger partial charge < -0.3 is 5.73 Å². The van der Waals surface area contributed by atoms with Crippen molar-refractivity contribution in [3.05, 3.63) is 28.2 Å². The lowest BCUT2D eigenvalue weighted by atomic mass is 10.2. The van der Waals surface area contributed by atoms with Gasteiger partial charge in [-0.3, -0.25) is 4.68 Å². The second-order valence-corrected chi connectivity index (χ2v) is 4.92. The third-order valence-electron chi connectivity index (χ3n) is 3.29. The molecule has 2 N–H and O–H groups in total. The van der Waals surface area contributed by atoms with E-state index in [1.807, 2.05) is 32.5 Å². The van der Waals surface area contributed by atoms with E-state index in [4.69, 9.17) is 18.0 Å². The Morgan fingerprint density at radius 1 is 1.11 bits per heavy atom. The Bertz CT molecular complexity index is 635. The van der Waals surface area contributed by atoms with Gasteiger partial charge in [0.05, 0.1) is 17.0 Å². The molecule has 0 aliphatic rings. The molecule has 0 amide bonds. The number of nitrogens with two attached hydrogens (primary N) is 1. The lowest BCUT2D eigenvalue weighted by Crippen LogP contribution is -2.16. The van der Waals surface area contributed by atoms with Crippen LogP contribution in [0.25, 0.3) is 5.82 Å². The first kappa shape index (κ1) is 12.8. The minimum atomic E-state index is 0.348. The van der Waals surface area contributed by atoms with Crippen LogP contribution in [0, 0.1) is 27.7 Å². The third kappa shape index (κ3) is 1.73. The van der Waals surface area contributed by atoms with Gasteiger partial charge in [0.1, 0.15) is 4.99 Å². The largest absolute Gasteiger partial charge is 0.389 e. The summed E-state index contributed by atoms with van der Waals surface area (Å²) >= 11 is 5.12. The zero-order chi connectivity index (χ0) is 13.6. The van der Waals surface area contributed by atoms with E-state index in [1.54, 1.807) is 4.68 Å². The minimum absolute atomic E-state index is 0.348. The summed E-state index contributed by atoms with van der Waals surface area (Å²) in [6.45, 7) is 7.97. The van der Waals surface area contributed by atoms with Gasteiger partial charge in [0, 0.05) is 12.7 Å². The molecule has 6 heteroatoms. The Hall–Kier alpha value is -1.69. The summed E-state index contributed by atoms with van der Waals surface area (Å²) in [6, 6.07) is 0. The highest BCUT2D eigenvalue weighted by atomic mass is 32.1. The van der Waals surface area contributed by atoms with Crippen molar-refractivity contribution in [2.24, 2.45) is 12.8 Å². The Balaban J connectivity index is 2.78. The predicted molar refractivity (Wildman–Crippen MR) is 75.2 cm³/mol. The molecular formula is C12H17N5S. The van der Waals surface area contributed by atoms with Gasteiger partial charge in [-0.2, -0.15) is 10.2 Å². The fraction of sp³-hybridized carbons (Fsp3) is 0.417. The molecule has 0 spiro atoms. The SMILES string of the molecule is Cc1nn(-c2c(C(N)=S)c(C)nn2C)c(C)c1C. The fourth-order valence-corrected chi connectivity index (χ4v) is 2.34. The van der Waals surface area contributed by atoms with E-state index in [0.29, 0.717) is 4.99 Å². The Morgan fingerprint density at radius 3 is 2.17 bits per heavy atom. The number of hydrogen-bond donors (Lipinski definition) is 1. The molecule has 96 valence electrons. The van der Waals surface area contributed by atoms with Crippen LogP contribution in [0.2, 0.25) is 0 Å². The van der Waals surface area contributed by atoms with Crippen LogP contribution in [0.3, 0.4) is 0 Å². The van der Waals surface area contributed by atoms with E-state index in [2.05, 4.69) is 17.1 Å². The normalized spacial score (nSPS) is 10.9. The highest BCUT2D eigenvalue weighted by molar-refractivity contribution is 7.80. The van der Waals surface area contributed by atoms with Crippen molar-refractivity contribution in [3.63, 3.8) is 0 Å². The number of aromatic nitrogens is 4. The predicted octanol–water partition coefficient (Wildman–Crippen LogP) is 1.47. The fourth-order valence-electron chi connectivity index (χ4n) is 2.10. The van der Waals surface area contributed by atoms with Crippen LogP contribution in [-0.4, -0.2) is 24.5 Å². The van der Waals surface area contributed by atoms with Gasteiger partial charge in [-0.05, 0) is 33.3 Å². The molecule has 5 nitrogen and oxygen atoms in total. The van der Waals surface area contributed by atoms with Crippen molar-refractivity contribution in [2.45, 2.75) is 27.7 Å². The van der Waals surface area contributed by atoms with Gasteiger partial charge in [0.15, 0.2) is 5.82 Å². The molecule has 0 aliphatic heterocycles. The summed E-state index contributed by atoms with van der Waals surface area (Å²) in [6.07, 6.45) is 0. The van der Waals surface area contributed by atoms with Gasteiger partial charge in [-0.15, -0.1) is 0 Å². The number of rotatable bonds is 2. The Labute approximate surface area is 112 Å². The molecule has 0 radical (unpaired) electrons. The van der Waals surface area contributed by atoms with Crippen LogP contribution >= 0.6 is 12.2 Å². The van der Waals surface area contributed by atoms with Crippen molar-refractivity contribution in [3.8, 4) is 5.82 Å². The first-order valence-corrected chi connectivity index (χ1v) is 6.12. The maximum absolute atomic E-state index is 5.80. The molecule has 0 unspecified atom stereocenters. The van der Waals surface area contributed by atoms with Crippen molar-refractivity contribution in [1.29, 1.82) is 0 Å². The number of hydrogen-bond acceptors (Lipinski definition) is 3. The van der Waals surface area contributed by atoms with Gasteiger partial charge in [0.25, 0.3) is 0 Å². The first-order chi connectivity index (χ1) is 8.34. The molecule has 2 heterocycles. The van der Waals surface area contributed by atoms with Crippen molar-refractivity contribution in [1.82, 2.24) is 19.6 Å². The van der Waals surface area contributed by atoms with Crippen molar-refractivity contribution < 1.29 is 0 Å². The molecule has 0 aromatic carbocycles. The molecule has 2 rings (SSSR count). The first-order valence-electron chi connectivity index (χ1n) is 5.71. The van der Waals surface area contributed by atoms with Crippen molar-refractivity contribution in [2.75, 3.05) is 0 Å². The van der Waals surface area contributed by atoms with Crippen LogP contribution in [0.1, 0.15) is 28.2 Å². The second-order valence-electron chi connectivity index (χ2n) is 4.48. The maximum atomic E-state index is 5.80. The maximum Gasteiger partial charge on any atom is 0.162 e. The quantitative estimate of drug-likeness (QED) is 0.834. The average Bonchev–Trinajstić information content (AvgIpc) is 2.70. The number of nitrogens with zero attached hydrogens (tertiary/aromatic N) is 4. The van der Waals surface area contributed by atoms with Crippen LogP contribution in [-0.2, 0) is 7.05 Å². The highest BCUT2D eigenvalue weighted by Crippen LogP contribution is 2.21. The molecule has 0 fully saturated rings. The summed E-state index contributed by atoms with van der Waals surface area (Å²) in [5.74, 6) is 0.828. The number of thiocarbonyl (C=S) groups is 1. The summed E-state index contributed by atoms with van der Waals surface area (Å²) in [7, 11) is 1.87. The van der Waals surface area contributed by atoms with E-state index in [0.717, 1.165) is 28.5 Å². The molecule has 0 atom stereocenters. The molecule has 0 bridgehead atoms. The molecule has 2 aromatic rings. The van der Waals surface area contributed by atoms with Crippen LogP contribution in [0.4, 0.5) is 0 Å². The van der Waals surface area contributed by atoms with E-state index in [-0.39, 0.29) is 0 Å². The molecule has 0 saturated heterocycles. The second kappa shape index (κ2) is 4.20. The Morgan fingerprint density at radius 2 is 1.72 bits per heavy atom. The van der Waals surface area contributed by atoms with Crippen molar-refractivity contribution >= 4 is 17.2 Å². The smallest absolute Gasteiger partial charge is 0.162 e. The minimum Gasteiger partial charge on any atom is -0.389 e. The van der Waals surface area contributed by atoms with Crippen LogP contribution in [0.5, 0.6) is 0 Å². The average molecular weight is 263 g/mol. The topological polar surface area (TPSA) is 61.7 Å². The van der Waals surface area contributed by atoms with E-state index >= 15 is 0 Å². The van der Waals surface area contributed by atoms with Gasteiger partial charge in [0.2, 0.25) is 0 Å². The summed E-state index contributed by atoms with van der Waals surface area (Å²) < 4.78 is 3.63. The monoisotopic (exact) mass is 263 g/mol. The standard InChI is InChI=1S/C12H17N5S/c1-6-7(2)15-17(9(6)4)12-10(11(13)18)8(3)14-16(12)5/h1-5H3,(H2,13,18). The van der Waals surface area contributed by atoms with Crippen LogP contribution in [0.15, 0.2) is 0 Å². The number of aryl methyl sites for hydroxylation is 3. The molecule has 0 aliphatic carbocycles. The molecular weight excluding hydrogens is 246 g/mol. The lowest BCUT2D eigenvalue weighted by molar-refractivity contribution is 0.682. The third-order valence-corrected chi connectivity index (χ3v) is 3.50. The van der Waals surface area contributed by atoms with E-state index < -0.39 is 0 Å². The molecule has 0 saturated carbocycles. The highest BCUT2D eigenvalue weighted by Gasteiger charge is 2.20. The van der Waals surface area contributed by atoms with Gasteiger partial charge >= 0.3 is 0 Å². The Kier molecular flexibility index (Phi) is 2.98. The summed E-state index contributed by atoms with van der Waals surface area (Å²) in [4.78, 5) is 0.348. The summed E-state index contributed by atoms with van der Waals surface area (Å²) in [5, 5.41) is 8.91. The zero-order valence-electron chi connectivity index (χ0n) is 11.3. The molecule has 18 heavy (non-hydrogen) atoms. The van der Waals surface area contributed by atoms with E-state index in [1.165, 1.54) is 5.56 Å². The van der Waals surface area contributed by atoms with Gasteiger partial charge in [-0.1, -0.05) is 12.2 Å². The zero-order valence-corrected chi connectivity index (χ0v) is 12.1. The lowest BCUT2D eigenvalue weighted by Gasteiger charge is -2.07. The molecule has 2 aromatic heterocycles. The van der Waals surface area contributed by atoms with Crippen LogP contribution < -0.4 is 5.73 Å².